The molecule has 0 saturated carbocycles. The maximum Gasteiger partial charge on any atom is 0.120 e. The van der Waals surface area contributed by atoms with E-state index in [2.05, 4.69) is 34.3 Å². The van der Waals surface area contributed by atoms with E-state index in [1.165, 1.54) is 0 Å². The van der Waals surface area contributed by atoms with Crippen molar-refractivity contribution in [3.8, 4) is 0 Å². The van der Waals surface area contributed by atoms with Gasteiger partial charge >= 0.3 is 0 Å². The Morgan fingerprint density at radius 2 is 1.45 bits per heavy atom. The van der Waals surface area contributed by atoms with Gasteiger partial charge in [-0.15, -0.1) is 0 Å². The molecular weight excluding hydrogens is 266 g/mol. The predicted octanol–water partition coefficient (Wildman–Crippen LogP) is 4.91. The van der Waals surface area contributed by atoms with E-state index in [0.717, 1.165) is 24.1 Å². The number of hydrogen-bond donors (Lipinski definition) is 0. The van der Waals surface area contributed by atoms with E-state index in [1.54, 1.807) is 0 Å². The highest BCUT2D eigenvalue weighted by Crippen LogP contribution is 2.34. The minimum atomic E-state index is -0.870. The van der Waals surface area contributed by atoms with E-state index in [0.29, 0.717) is 0 Å². The largest absolute Gasteiger partial charge is 0.616 e. The first-order valence-corrected chi connectivity index (χ1v) is 8.48. The topological polar surface area (TPSA) is 35.4 Å². The van der Waals surface area contributed by atoms with Gasteiger partial charge in [-0.05, 0) is 91.9 Å². The Balaban J connectivity index is 4.84. The molecule has 20 heavy (non-hydrogen) atoms. The van der Waals surface area contributed by atoms with Gasteiger partial charge in [-0.1, -0.05) is 6.58 Å². The summed E-state index contributed by atoms with van der Waals surface area (Å²) in [4.78, 5) is 4.75. The second kappa shape index (κ2) is 6.65. The minimum Gasteiger partial charge on any atom is -0.616 e. The third-order valence-corrected chi connectivity index (χ3v) is 5.81. The number of allylic oxidation sites excluding steroid dienone is 1. The second-order valence-electron chi connectivity index (χ2n) is 7.93. The Morgan fingerprint density at radius 3 is 1.80 bits per heavy atom. The van der Waals surface area contributed by atoms with Crippen molar-refractivity contribution in [1.29, 1.82) is 0 Å². The van der Waals surface area contributed by atoms with E-state index in [9.17, 15) is 4.55 Å². The average Bonchev–Trinajstić information content (AvgIpc) is 2.23. The van der Waals surface area contributed by atoms with Gasteiger partial charge in [-0.3, -0.25) is 4.99 Å². The van der Waals surface area contributed by atoms with Crippen molar-refractivity contribution < 1.29 is 4.55 Å². The molecule has 118 valence electrons. The standard InChI is InChI=1S/C17H33NOS/c1-13(2)14(3)18-16(7,8)11-12-17(9,10)20(19)15(4,5)6/h1,11-12H2,2-10H3/b18-14-. The van der Waals surface area contributed by atoms with E-state index in [4.69, 9.17) is 4.99 Å². The van der Waals surface area contributed by atoms with Gasteiger partial charge in [0, 0.05) is 5.71 Å². The Morgan fingerprint density at radius 1 is 1.00 bits per heavy atom. The fourth-order valence-electron chi connectivity index (χ4n) is 2.13. The van der Waals surface area contributed by atoms with Crippen molar-refractivity contribution in [2.75, 3.05) is 0 Å². The third kappa shape index (κ3) is 6.45. The lowest BCUT2D eigenvalue weighted by Gasteiger charge is -2.38. The van der Waals surface area contributed by atoms with Crippen LogP contribution in [0.4, 0.5) is 0 Å². The molecule has 0 amide bonds. The molecule has 0 aromatic carbocycles. The molecule has 0 aromatic rings. The highest BCUT2D eigenvalue weighted by molar-refractivity contribution is 7.94. The van der Waals surface area contributed by atoms with Crippen LogP contribution in [0.5, 0.6) is 0 Å². The van der Waals surface area contributed by atoms with Crippen LogP contribution in [0.3, 0.4) is 0 Å². The first kappa shape index (κ1) is 19.7. The van der Waals surface area contributed by atoms with E-state index < -0.39 is 11.2 Å². The Hall–Kier alpha value is -0.280. The molecule has 2 nitrogen and oxygen atoms in total. The van der Waals surface area contributed by atoms with Gasteiger partial charge < -0.3 is 4.55 Å². The number of aliphatic imine (C=N–C) groups is 1. The minimum absolute atomic E-state index is 0.137. The second-order valence-corrected chi connectivity index (χ2v) is 10.8. The first-order valence-electron chi connectivity index (χ1n) is 7.33. The monoisotopic (exact) mass is 299 g/mol. The van der Waals surface area contributed by atoms with Gasteiger partial charge in [0.25, 0.3) is 0 Å². The molecule has 0 fully saturated rings. The first-order chi connectivity index (χ1) is 8.69. The normalized spacial score (nSPS) is 16.2. The van der Waals surface area contributed by atoms with Crippen molar-refractivity contribution in [2.45, 2.75) is 90.2 Å². The molecule has 0 bridgehead atoms. The molecular formula is C17H33NOS. The van der Waals surface area contributed by atoms with Crippen molar-refractivity contribution in [1.82, 2.24) is 0 Å². The fourth-order valence-corrected chi connectivity index (χ4v) is 4.08. The van der Waals surface area contributed by atoms with Gasteiger partial charge in [0.1, 0.15) is 9.49 Å². The summed E-state index contributed by atoms with van der Waals surface area (Å²) in [6.07, 6.45) is 1.82. The molecule has 0 heterocycles. The smallest absolute Gasteiger partial charge is 0.120 e. The molecule has 1 atom stereocenters. The highest BCUT2D eigenvalue weighted by atomic mass is 32.2. The third-order valence-electron chi connectivity index (χ3n) is 3.48. The number of hydrogen-bond acceptors (Lipinski definition) is 2. The summed E-state index contributed by atoms with van der Waals surface area (Å²) in [7, 11) is 0. The summed E-state index contributed by atoms with van der Waals surface area (Å²) in [5.74, 6) is 0. The van der Waals surface area contributed by atoms with Crippen molar-refractivity contribution in [3.63, 3.8) is 0 Å². The van der Waals surface area contributed by atoms with Gasteiger partial charge in [0.15, 0.2) is 0 Å². The average molecular weight is 300 g/mol. The lowest BCUT2D eigenvalue weighted by Crippen LogP contribution is -2.44. The van der Waals surface area contributed by atoms with Crippen LogP contribution in [-0.4, -0.2) is 25.3 Å². The maximum atomic E-state index is 12.6. The van der Waals surface area contributed by atoms with Gasteiger partial charge in [0.2, 0.25) is 0 Å². The molecule has 0 spiro atoms. The molecule has 0 rings (SSSR count). The van der Waals surface area contributed by atoms with Crippen LogP contribution in [-0.2, 0) is 11.2 Å². The molecule has 3 heteroatoms. The van der Waals surface area contributed by atoms with Crippen LogP contribution in [0, 0.1) is 0 Å². The number of rotatable bonds is 6. The van der Waals surface area contributed by atoms with Crippen molar-refractivity contribution >= 4 is 16.9 Å². The highest BCUT2D eigenvalue weighted by Gasteiger charge is 2.41. The van der Waals surface area contributed by atoms with Crippen LogP contribution < -0.4 is 0 Å². The quantitative estimate of drug-likeness (QED) is 0.507. The predicted molar refractivity (Wildman–Crippen MR) is 93.2 cm³/mol. The summed E-state index contributed by atoms with van der Waals surface area (Å²) in [5.41, 5.74) is 1.88. The molecule has 0 aromatic heterocycles. The molecule has 1 unspecified atom stereocenters. The molecule has 0 radical (unpaired) electrons. The van der Waals surface area contributed by atoms with Crippen LogP contribution in [0.25, 0.3) is 0 Å². The zero-order valence-corrected chi connectivity index (χ0v) is 15.7. The van der Waals surface area contributed by atoms with E-state index in [-0.39, 0.29) is 15.0 Å². The Bertz CT molecular complexity index is 375. The molecule has 0 aliphatic rings. The van der Waals surface area contributed by atoms with Crippen LogP contribution >= 0.6 is 0 Å². The fraction of sp³-hybridized carbons (Fsp3) is 0.824. The zero-order chi connectivity index (χ0) is 16.4. The summed E-state index contributed by atoms with van der Waals surface area (Å²) in [6, 6.07) is 0. The summed E-state index contributed by atoms with van der Waals surface area (Å²) >= 11 is -0.870. The van der Waals surface area contributed by atoms with Crippen LogP contribution in [0.1, 0.15) is 75.2 Å². The molecule has 0 aliphatic heterocycles. The van der Waals surface area contributed by atoms with Crippen LogP contribution in [0.2, 0.25) is 0 Å². The lowest BCUT2D eigenvalue weighted by atomic mass is 9.93. The number of nitrogens with zero attached hydrogens (tertiary/aromatic N) is 1. The summed E-state index contributed by atoms with van der Waals surface area (Å²) < 4.78 is 12.2. The SMILES string of the molecule is C=C(C)/C(C)=N\C(C)(C)CCC(C)(C)[S+]([O-])C(C)(C)C. The summed E-state index contributed by atoms with van der Waals surface area (Å²) in [5, 5.41) is 0. The zero-order valence-electron chi connectivity index (χ0n) is 14.9. The molecule has 0 aliphatic carbocycles. The molecule has 0 N–H and O–H groups in total. The molecule has 0 saturated heterocycles. The van der Waals surface area contributed by atoms with Crippen LogP contribution in [0.15, 0.2) is 17.1 Å². The van der Waals surface area contributed by atoms with Crippen molar-refractivity contribution in [2.24, 2.45) is 4.99 Å². The lowest BCUT2D eigenvalue weighted by molar-refractivity contribution is 0.413. The van der Waals surface area contributed by atoms with Gasteiger partial charge in [-0.2, -0.15) is 0 Å². The maximum absolute atomic E-state index is 12.6. The van der Waals surface area contributed by atoms with Gasteiger partial charge in [-0.25, -0.2) is 0 Å². The van der Waals surface area contributed by atoms with E-state index in [1.807, 2.05) is 34.6 Å². The Labute approximate surface area is 129 Å². The van der Waals surface area contributed by atoms with Gasteiger partial charge in [0.05, 0.1) is 5.54 Å². The van der Waals surface area contributed by atoms with E-state index >= 15 is 0 Å². The Kier molecular flexibility index (Phi) is 6.56. The van der Waals surface area contributed by atoms with Crippen molar-refractivity contribution in [3.05, 3.63) is 12.2 Å². The summed E-state index contributed by atoms with van der Waals surface area (Å²) in [6.45, 7) is 22.5.